The Hall–Kier alpha value is -1.04. The van der Waals surface area contributed by atoms with Crippen LogP contribution in [-0.2, 0) is 18.3 Å². The minimum Gasteiger partial charge on any atom is -0.395 e. The fourth-order valence-corrected chi connectivity index (χ4v) is 1.18. The molecule has 0 aliphatic heterocycles. The molecule has 1 aromatic heterocycles. The van der Waals surface area contributed by atoms with E-state index in [1.807, 2.05) is 0 Å². The number of carbonyl (C=O) groups is 1. The monoisotopic (exact) mass is 232 g/mol. The largest absolute Gasteiger partial charge is 0.395 e. The second-order valence-corrected chi connectivity index (χ2v) is 3.17. The van der Waals surface area contributed by atoms with Gasteiger partial charge in [0.15, 0.2) is 0 Å². The van der Waals surface area contributed by atoms with E-state index in [1.54, 1.807) is 11.7 Å². The van der Waals surface area contributed by atoms with Crippen LogP contribution in [0.3, 0.4) is 0 Å². The highest BCUT2D eigenvalue weighted by Crippen LogP contribution is 2.22. The van der Waals surface area contributed by atoms with E-state index >= 15 is 0 Å². The molecule has 0 aromatic carbocycles. The van der Waals surface area contributed by atoms with E-state index in [-0.39, 0.29) is 6.42 Å². The Labute approximate surface area is 77.8 Å². The maximum absolute atomic E-state index is 10.5. The van der Waals surface area contributed by atoms with Gasteiger partial charge in [0.05, 0.1) is 17.8 Å². The van der Waals surface area contributed by atoms with Gasteiger partial charge in [0.2, 0.25) is 5.91 Å². The van der Waals surface area contributed by atoms with Gasteiger partial charge in [-0.2, -0.15) is 5.10 Å². The number of aryl methyl sites for hydroxylation is 1. The molecule has 12 heavy (non-hydrogen) atoms. The average Bonchev–Trinajstić information content (AvgIpc) is 2.17. The van der Waals surface area contributed by atoms with Crippen molar-refractivity contribution in [3.63, 3.8) is 0 Å². The van der Waals surface area contributed by atoms with Crippen molar-refractivity contribution in [3.8, 4) is 0 Å². The number of carbonyl (C=O) groups excluding carboxylic acids is 1. The van der Waals surface area contributed by atoms with Crippen LogP contribution in [0.25, 0.3) is 0 Å². The fraction of sp³-hybridized carbons (Fsp3) is 0.333. The van der Waals surface area contributed by atoms with E-state index in [1.165, 1.54) is 0 Å². The first-order valence-corrected chi connectivity index (χ1v) is 4.06. The van der Waals surface area contributed by atoms with Gasteiger partial charge in [0.25, 0.3) is 0 Å². The predicted octanol–water partition coefficient (Wildman–Crippen LogP) is -0.207. The highest BCUT2D eigenvalue weighted by atomic mass is 79.9. The Balaban J connectivity index is 3.01. The van der Waals surface area contributed by atoms with Crippen LogP contribution in [0.4, 0.5) is 5.69 Å². The highest BCUT2D eigenvalue weighted by molar-refractivity contribution is 9.10. The second kappa shape index (κ2) is 3.14. The Morgan fingerprint density at radius 1 is 1.75 bits per heavy atom. The molecular formula is C6H9BrN4O. The molecule has 1 rings (SSSR count). The zero-order valence-electron chi connectivity index (χ0n) is 6.54. The molecule has 0 aliphatic rings. The van der Waals surface area contributed by atoms with Crippen LogP contribution in [0.1, 0.15) is 5.69 Å². The summed E-state index contributed by atoms with van der Waals surface area (Å²) in [5.41, 5.74) is 11.6. The van der Waals surface area contributed by atoms with Crippen LogP contribution in [0.15, 0.2) is 4.60 Å². The summed E-state index contributed by atoms with van der Waals surface area (Å²) >= 11 is 3.21. The first-order chi connectivity index (χ1) is 5.52. The minimum atomic E-state index is -0.438. The van der Waals surface area contributed by atoms with Gasteiger partial charge in [-0.1, -0.05) is 0 Å². The van der Waals surface area contributed by atoms with Gasteiger partial charge in [-0.25, -0.2) is 0 Å². The van der Waals surface area contributed by atoms with Crippen LogP contribution in [0.5, 0.6) is 0 Å². The van der Waals surface area contributed by atoms with Crippen molar-refractivity contribution < 1.29 is 4.79 Å². The smallest absolute Gasteiger partial charge is 0.223 e. The van der Waals surface area contributed by atoms with E-state index in [9.17, 15) is 4.79 Å². The van der Waals surface area contributed by atoms with Crippen molar-refractivity contribution in [1.82, 2.24) is 9.78 Å². The Bertz CT molecular complexity index is 320. The molecule has 0 atom stereocenters. The molecular weight excluding hydrogens is 224 g/mol. The van der Waals surface area contributed by atoms with Crippen LogP contribution >= 0.6 is 15.9 Å². The van der Waals surface area contributed by atoms with Crippen molar-refractivity contribution in [2.45, 2.75) is 6.42 Å². The van der Waals surface area contributed by atoms with Crippen molar-refractivity contribution in [3.05, 3.63) is 10.3 Å². The third kappa shape index (κ3) is 1.58. The highest BCUT2D eigenvalue weighted by Gasteiger charge is 2.12. The maximum atomic E-state index is 10.5. The van der Waals surface area contributed by atoms with Crippen molar-refractivity contribution in [2.75, 3.05) is 5.73 Å². The molecule has 0 bridgehead atoms. The number of nitrogen functional groups attached to an aromatic ring is 1. The number of anilines is 1. The van der Waals surface area contributed by atoms with Crippen molar-refractivity contribution in [2.24, 2.45) is 12.8 Å². The number of primary amides is 1. The normalized spacial score (nSPS) is 10.2. The summed E-state index contributed by atoms with van der Waals surface area (Å²) in [5.74, 6) is -0.438. The zero-order chi connectivity index (χ0) is 9.30. The van der Waals surface area contributed by atoms with E-state index in [0.29, 0.717) is 16.0 Å². The summed E-state index contributed by atoms with van der Waals surface area (Å²) in [5, 5.41) is 3.99. The predicted molar refractivity (Wildman–Crippen MR) is 48.2 cm³/mol. The summed E-state index contributed by atoms with van der Waals surface area (Å²) in [4.78, 5) is 10.5. The summed E-state index contributed by atoms with van der Waals surface area (Å²) < 4.78 is 2.21. The molecule has 1 aromatic rings. The number of halogens is 1. The number of rotatable bonds is 2. The second-order valence-electron chi connectivity index (χ2n) is 2.42. The average molecular weight is 233 g/mol. The van der Waals surface area contributed by atoms with Gasteiger partial charge < -0.3 is 11.5 Å². The van der Waals surface area contributed by atoms with Crippen LogP contribution in [-0.4, -0.2) is 15.7 Å². The maximum Gasteiger partial charge on any atom is 0.223 e. The first-order valence-electron chi connectivity index (χ1n) is 3.27. The number of hydrogen-bond acceptors (Lipinski definition) is 3. The third-order valence-electron chi connectivity index (χ3n) is 1.43. The standard InChI is InChI=1S/C6H9BrN4O/c1-11-6(7)5(9)3(10-11)2-4(8)12/h2,9H2,1H3,(H2,8,12). The summed E-state index contributed by atoms with van der Waals surface area (Å²) in [7, 11) is 1.73. The lowest BCUT2D eigenvalue weighted by Gasteiger charge is -1.91. The van der Waals surface area contributed by atoms with Crippen molar-refractivity contribution in [1.29, 1.82) is 0 Å². The van der Waals surface area contributed by atoms with Gasteiger partial charge in [-0.15, -0.1) is 0 Å². The van der Waals surface area contributed by atoms with Gasteiger partial charge >= 0.3 is 0 Å². The molecule has 1 amide bonds. The van der Waals surface area contributed by atoms with E-state index in [2.05, 4.69) is 21.0 Å². The lowest BCUT2D eigenvalue weighted by Crippen LogP contribution is -2.15. The number of aromatic nitrogens is 2. The summed E-state index contributed by atoms with van der Waals surface area (Å²) in [6, 6.07) is 0. The fourth-order valence-electron chi connectivity index (χ4n) is 0.868. The molecule has 5 nitrogen and oxygen atoms in total. The van der Waals surface area contributed by atoms with Gasteiger partial charge in [-0.05, 0) is 15.9 Å². The van der Waals surface area contributed by atoms with Gasteiger partial charge in [0.1, 0.15) is 4.60 Å². The van der Waals surface area contributed by atoms with Crippen LogP contribution < -0.4 is 11.5 Å². The summed E-state index contributed by atoms with van der Waals surface area (Å²) in [6.45, 7) is 0. The number of nitrogens with two attached hydrogens (primary N) is 2. The molecule has 0 fully saturated rings. The number of amides is 1. The Kier molecular flexibility index (Phi) is 2.37. The molecule has 0 aliphatic carbocycles. The minimum absolute atomic E-state index is 0.0747. The SMILES string of the molecule is Cn1nc(CC(N)=O)c(N)c1Br. The topological polar surface area (TPSA) is 86.9 Å². The zero-order valence-corrected chi connectivity index (χ0v) is 8.13. The molecule has 6 heteroatoms. The lowest BCUT2D eigenvalue weighted by molar-refractivity contribution is -0.117. The molecule has 0 unspecified atom stereocenters. The van der Waals surface area contributed by atoms with E-state index < -0.39 is 5.91 Å². The molecule has 66 valence electrons. The Morgan fingerprint density at radius 3 is 2.67 bits per heavy atom. The molecule has 1 heterocycles. The molecule has 0 spiro atoms. The lowest BCUT2D eigenvalue weighted by atomic mass is 10.3. The molecule has 0 saturated heterocycles. The van der Waals surface area contributed by atoms with Crippen LogP contribution in [0, 0.1) is 0 Å². The molecule has 0 radical (unpaired) electrons. The number of nitrogens with zero attached hydrogens (tertiary/aromatic N) is 2. The first kappa shape index (κ1) is 9.05. The number of hydrogen-bond donors (Lipinski definition) is 2. The van der Waals surface area contributed by atoms with E-state index in [0.717, 1.165) is 0 Å². The molecule has 0 saturated carbocycles. The van der Waals surface area contributed by atoms with Gasteiger partial charge in [0, 0.05) is 7.05 Å². The van der Waals surface area contributed by atoms with E-state index in [4.69, 9.17) is 11.5 Å². The van der Waals surface area contributed by atoms with Crippen molar-refractivity contribution >= 4 is 27.5 Å². The summed E-state index contributed by atoms with van der Waals surface area (Å²) in [6.07, 6.45) is 0.0747. The third-order valence-corrected chi connectivity index (χ3v) is 2.37. The Morgan fingerprint density at radius 2 is 2.33 bits per heavy atom. The van der Waals surface area contributed by atoms with Crippen LogP contribution in [0.2, 0.25) is 0 Å². The quantitative estimate of drug-likeness (QED) is 0.741. The van der Waals surface area contributed by atoms with Gasteiger partial charge in [-0.3, -0.25) is 9.48 Å². The molecule has 4 N–H and O–H groups in total.